The smallest absolute Gasteiger partial charge is 0.138 e. The van der Waals surface area contributed by atoms with Gasteiger partial charge in [0.1, 0.15) is 12.2 Å². The Kier molecular flexibility index (Phi) is 5.33. The molecular formula is C15H22ClN5. The second-order valence-corrected chi connectivity index (χ2v) is 6.11. The van der Waals surface area contributed by atoms with Crippen molar-refractivity contribution in [1.82, 2.24) is 20.2 Å². The monoisotopic (exact) mass is 307 g/mol. The molecule has 3 N–H and O–H groups in total. The minimum absolute atomic E-state index is 0.0163. The number of aromatic nitrogens is 3. The Morgan fingerprint density at radius 2 is 2.14 bits per heavy atom. The van der Waals surface area contributed by atoms with Crippen molar-refractivity contribution in [3.8, 4) is 0 Å². The highest BCUT2D eigenvalue weighted by molar-refractivity contribution is 6.30. The molecule has 0 aliphatic carbocycles. The first kappa shape index (κ1) is 15.9. The number of hydrogen-bond donors (Lipinski definition) is 2. The average Bonchev–Trinajstić information content (AvgIpc) is 2.83. The zero-order valence-corrected chi connectivity index (χ0v) is 13.4. The van der Waals surface area contributed by atoms with Gasteiger partial charge in [-0.05, 0) is 36.1 Å². The van der Waals surface area contributed by atoms with Crippen LogP contribution >= 0.6 is 11.6 Å². The summed E-state index contributed by atoms with van der Waals surface area (Å²) in [7, 11) is 0. The number of nitrogens with two attached hydrogens (primary N) is 1. The van der Waals surface area contributed by atoms with Gasteiger partial charge in [-0.3, -0.25) is 11.3 Å². The van der Waals surface area contributed by atoms with E-state index in [9.17, 15) is 0 Å². The lowest BCUT2D eigenvalue weighted by atomic mass is 9.99. The molecule has 1 heterocycles. The van der Waals surface area contributed by atoms with E-state index in [1.165, 1.54) is 0 Å². The first-order chi connectivity index (χ1) is 10.0. The van der Waals surface area contributed by atoms with E-state index >= 15 is 0 Å². The van der Waals surface area contributed by atoms with Gasteiger partial charge in [0.25, 0.3) is 0 Å². The Morgan fingerprint density at radius 1 is 1.38 bits per heavy atom. The molecular weight excluding hydrogens is 286 g/mol. The molecule has 0 fully saturated rings. The lowest BCUT2D eigenvalue weighted by Crippen LogP contribution is -2.31. The highest BCUT2D eigenvalue weighted by Gasteiger charge is 2.17. The average molecular weight is 308 g/mol. The number of nitrogens with zero attached hydrogens (tertiary/aromatic N) is 3. The van der Waals surface area contributed by atoms with Gasteiger partial charge in [0.05, 0.1) is 6.04 Å². The summed E-state index contributed by atoms with van der Waals surface area (Å²) in [4.78, 5) is 4.36. The van der Waals surface area contributed by atoms with Crippen LogP contribution in [0.2, 0.25) is 5.02 Å². The molecule has 1 aromatic carbocycles. The van der Waals surface area contributed by atoms with Crippen molar-refractivity contribution in [3.05, 3.63) is 46.5 Å². The van der Waals surface area contributed by atoms with Crippen molar-refractivity contribution >= 4 is 11.6 Å². The summed E-state index contributed by atoms with van der Waals surface area (Å²) in [5, 5.41) is 5.02. The number of hydrazine groups is 1. The molecule has 1 atom stereocenters. The molecule has 0 saturated heterocycles. The van der Waals surface area contributed by atoms with Gasteiger partial charge in [0.15, 0.2) is 0 Å². The Hall–Kier alpha value is -1.43. The van der Waals surface area contributed by atoms with Crippen LogP contribution in [0, 0.1) is 12.8 Å². The van der Waals surface area contributed by atoms with Gasteiger partial charge in [-0.1, -0.05) is 31.5 Å². The van der Waals surface area contributed by atoms with Crippen molar-refractivity contribution in [3.63, 3.8) is 0 Å². The summed E-state index contributed by atoms with van der Waals surface area (Å²) in [5.74, 6) is 7.19. The number of halogens is 1. The van der Waals surface area contributed by atoms with E-state index in [2.05, 4.69) is 29.4 Å². The minimum Gasteiger partial charge on any atom is -0.271 e. The molecule has 0 amide bonds. The summed E-state index contributed by atoms with van der Waals surface area (Å²) in [6, 6.07) is 5.82. The molecule has 114 valence electrons. The van der Waals surface area contributed by atoms with Crippen LogP contribution in [0.1, 0.15) is 36.8 Å². The summed E-state index contributed by atoms with van der Waals surface area (Å²) in [6.45, 7) is 7.21. The lowest BCUT2D eigenvalue weighted by molar-refractivity contribution is 0.446. The fourth-order valence-corrected chi connectivity index (χ4v) is 2.64. The first-order valence-corrected chi connectivity index (χ1v) is 7.48. The van der Waals surface area contributed by atoms with E-state index in [0.717, 1.165) is 28.5 Å². The molecule has 2 rings (SSSR count). The zero-order chi connectivity index (χ0) is 15.4. The van der Waals surface area contributed by atoms with Gasteiger partial charge in [-0.2, -0.15) is 5.10 Å². The molecule has 0 aliphatic rings. The van der Waals surface area contributed by atoms with Gasteiger partial charge < -0.3 is 0 Å². The van der Waals surface area contributed by atoms with Gasteiger partial charge >= 0.3 is 0 Å². The lowest BCUT2D eigenvalue weighted by Gasteiger charge is -2.19. The molecule has 5 nitrogen and oxygen atoms in total. The largest absolute Gasteiger partial charge is 0.271 e. The molecule has 0 aliphatic heterocycles. The molecule has 0 spiro atoms. The number of benzene rings is 1. The molecule has 21 heavy (non-hydrogen) atoms. The zero-order valence-electron chi connectivity index (χ0n) is 12.7. The van der Waals surface area contributed by atoms with Crippen LogP contribution in [-0.2, 0) is 13.0 Å². The second kappa shape index (κ2) is 7.02. The highest BCUT2D eigenvalue weighted by atomic mass is 35.5. The SMILES string of the molecule is Cc1cc(Cl)ccc1C(Cc1ncnn1CC(C)C)NN. The van der Waals surface area contributed by atoms with Crippen LogP contribution in [0.25, 0.3) is 0 Å². The van der Waals surface area contributed by atoms with E-state index in [0.29, 0.717) is 12.3 Å². The second-order valence-electron chi connectivity index (χ2n) is 5.68. The van der Waals surface area contributed by atoms with Crippen LogP contribution < -0.4 is 11.3 Å². The normalized spacial score (nSPS) is 12.9. The standard InChI is InChI=1S/C15H22ClN5/c1-10(2)8-21-15(18-9-19-21)7-14(20-17)13-5-4-12(16)6-11(13)3/h4-6,9-10,14,20H,7-8,17H2,1-3H3. The minimum atomic E-state index is -0.0163. The van der Waals surface area contributed by atoms with E-state index in [1.54, 1.807) is 6.33 Å². The van der Waals surface area contributed by atoms with Crippen molar-refractivity contribution < 1.29 is 0 Å². The quantitative estimate of drug-likeness (QED) is 0.636. The predicted molar refractivity (Wildman–Crippen MR) is 84.8 cm³/mol. The number of rotatable bonds is 6. The van der Waals surface area contributed by atoms with Crippen LogP contribution in [0.15, 0.2) is 24.5 Å². The van der Waals surface area contributed by atoms with Gasteiger partial charge in [-0.15, -0.1) is 0 Å². The number of aryl methyl sites for hydroxylation is 1. The topological polar surface area (TPSA) is 68.8 Å². The van der Waals surface area contributed by atoms with E-state index in [1.807, 2.05) is 29.8 Å². The fourth-order valence-electron chi connectivity index (χ4n) is 2.42. The van der Waals surface area contributed by atoms with E-state index in [-0.39, 0.29) is 6.04 Å². The summed E-state index contributed by atoms with van der Waals surface area (Å²) in [5.41, 5.74) is 5.11. The van der Waals surface area contributed by atoms with Crippen LogP contribution in [0.4, 0.5) is 0 Å². The summed E-state index contributed by atoms with van der Waals surface area (Å²) in [6.07, 6.45) is 2.28. The van der Waals surface area contributed by atoms with Gasteiger partial charge in [0, 0.05) is 18.0 Å². The number of nitrogens with one attached hydrogen (secondary N) is 1. The molecule has 6 heteroatoms. The maximum absolute atomic E-state index is 6.01. The van der Waals surface area contributed by atoms with Crippen molar-refractivity contribution in [2.45, 2.75) is 39.8 Å². The Bertz CT molecular complexity index is 593. The van der Waals surface area contributed by atoms with Gasteiger partial charge in [-0.25, -0.2) is 9.67 Å². The van der Waals surface area contributed by atoms with Crippen molar-refractivity contribution in [2.24, 2.45) is 11.8 Å². The predicted octanol–water partition coefficient (Wildman–Crippen LogP) is 2.64. The molecule has 0 radical (unpaired) electrons. The maximum atomic E-state index is 6.01. The third kappa shape index (κ3) is 4.03. The molecule has 0 bridgehead atoms. The fraction of sp³-hybridized carbons (Fsp3) is 0.467. The van der Waals surface area contributed by atoms with Crippen LogP contribution in [0.5, 0.6) is 0 Å². The molecule has 2 aromatic rings. The molecule has 0 saturated carbocycles. The Labute approximate surface area is 130 Å². The third-order valence-corrected chi connectivity index (χ3v) is 3.66. The van der Waals surface area contributed by atoms with E-state index < -0.39 is 0 Å². The van der Waals surface area contributed by atoms with Crippen molar-refractivity contribution in [2.75, 3.05) is 0 Å². The van der Waals surface area contributed by atoms with Gasteiger partial charge in [0.2, 0.25) is 0 Å². The summed E-state index contributed by atoms with van der Waals surface area (Å²) >= 11 is 6.01. The third-order valence-electron chi connectivity index (χ3n) is 3.43. The van der Waals surface area contributed by atoms with E-state index in [4.69, 9.17) is 17.4 Å². The molecule has 1 unspecified atom stereocenters. The number of hydrogen-bond acceptors (Lipinski definition) is 4. The Morgan fingerprint density at radius 3 is 2.76 bits per heavy atom. The summed E-state index contributed by atoms with van der Waals surface area (Å²) < 4.78 is 1.94. The highest BCUT2D eigenvalue weighted by Crippen LogP contribution is 2.23. The first-order valence-electron chi connectivity index (χ1n) is 7.10. The van der Waals surface area contributed by atoms with Crippen LogP contribution in [0.3, 0.4) is 0 Å². The Balaban J connectivity index is 2.21. The maximum Gasteiger partial charge on any atom is 0.138 e. The molecule has 1 aromatic heterocycles. The van der Waals surface area contributed by atoms with Crippen LogP contribution in [-0.4, -0.2) is 14.8 Å². The van der Waals surface area contributed by atoms with Crippen molar-refractivity contribution in [1.29, 1.82) is 0 Å².